The normalized spacial score (nSPS) is 19.4. The first-order valence-corrected chi connectivity index (χ1v) is 6.32. The van der Waals surface area contributed by atoms with Crippen LogP contribution >= 0.6 is 0 Å². The van der Waals surface area contributed by atoms with Gasteiger partial charge in [0, 0.05) is 6.61 Å². The van der Waals surface area contributed by atoms with Crippen molar-refractivity contribution in [3.63, 3.8) is 0 Å². The van der Waals surface area contributed by atoms with Crippen LogP contribution in [0.1, 0.15) is 58.8 Å². The third-order valence-corrected chi connectivity index (χ3v) is 3.27. The molecule has 0 unspecified atom stereocenters. The summed E-state index contributed by atoms with van der Waals surface area (Å²) < 4.78 is 5.79. The number of rotatable bonds is 4. The van der Waals surface area contributed by atoms with Gasteiger partial charge in [-0.05, 0) is 26.7 Å². The van der Waals surface area contributed by atoms with Gasteiger partial charge < -0.3 is 4.74 Å². The van der Waals surface area contributed by atoms with Crippen molar-refractivity contribution in [2.45, 2.75) is 64.4 Å². The molecular weight excluding hydrogens is 200 g/mol. The molecule has 1 saturated carbocycles. The third kappa shape index (κ3) is 3.35. The van der Waals surface area contributed by atoms with Crippen molar-refractivity contribution >= 4 is 5.78 Å². The molecule has 90 valence electrons. The molecule has 0 aliphatic heterocycles. The number of ketones is 1. The zero-order valence-corrected chi connectivity index (χ0v) is 10.5. The Labute approximate surface area is 98.8 Å². The maximum atomic E-state index is 12.2. The smallest absolute Gasteiger partial charge is 0.176 e. The number of carbonyl (C=O) groups is 1. The Kier molecular flexibility index (Phi) is 5.55. The van der Waals surface area contributed by atoms with Crippen LogP contribution in [-0.2, 0) is 9.53 Å². The Morgan fingerprint density at radius 3 is 2.38 bits per heavy atom. The van der Waals surface area contributed by atoms with Crippen molar-refractivity contribution in [2.75, 3.05) is 6.61 Å². The summed E-state index contributed by atoms with van der Waals surface area (Å²) in [7, 11) is 0. The van der Waals surface area contributed by atoms with Crippen molar-refractivity contribution in [3.8, 4) is 11.8 Å². The topological polar surface area (TPSA) is 26.3 Å². The van der Waals surface area contributed by atoms with E-state index >= 15 is 0 Å². The zero-order valence-electron chi connectivity index (χ0n) is 10.5. The fraction of sp³-hybridized carbons (Fsp3) is 0.786. The van der Waals surface area contributed by atoms with Crippen LogP contribution < -0.4 is 0 Å². The van der Waals surface area contributed by atoms with Crippen molar-refractivity contribution in [3.05, 3.63) is 0 Å². The fourth-order valence-corrected chi connectivity index (χ4v) is 2.41. The first-order valence-electron chi connectivity index (χ1n) is 6.32. The lowest BCUT2D eigenvalue weighted by atomic mass is 9.88. The maximum absolute atomic E-state index is 12.2. The Bertz CT molecular complexity index is 275. The van der Waals surface area contributed by atoms with Gasteiger partial charge in [0.15, 0.2) is 5.78 Å². The predicted molar refractivity (Wildman–Crippen MR) is 65.1 cm³/mol. The van der Waals surface area contributed by atoms with Gasteiger partial charge in [0.25, 0.3) is 0 Å². The summed E-state index contributed by atoms with van der Waals surface area (Å²) in [6.07, 6.45) is 6.76. The molecule has 1 aliphatic rings. The van der Waals surface area contributed by atoms with Crippen LogP contribution in [0.4, 0.5) is 0 Å². The average Bonchev–Trinajstić information content (AvgIpc) is 2.53. The van der Waals surface area contributed by atoms with Crippen LogP contribution in [0.3, 0.4) is 0 Å². The van der Waals surface area contributed by atoms with E-state index in [1.54, 1.807) is 6.92 Å². The maximum Gasteiger partial charge on any atom is 0.176 e. The monoisotopic (exact) mass is 222 g/mol. The van der Waals surface area contributed by atoms with E-state index in [1.807, 2.05) is 6.92 Å². The van der Waals surface area contributed by atoms with E-state index in [9.17, 15) is 4.79 Å². The van der Waals surface area contributed by atoms with Gasteiger partial charge in [0.1, 0.15) is 5.60 Å². The average molecular weight is 222 g/mol. The molecule has 0 spiro atoms. The van der Waals surface area contributed by atoms with Crippen molar-refractivity contribution in [1.29, 1.82) is 0 Å². The van der Waals surface area contributed by atoms with E-state index in [1.165, 1.54) is 12.8 Å². The number of carbonyl (C=O) groups excluding carboxylic acids is 1. The van der Waals surface area contributed by atoms with E-state index in [0.29, 0.717) is 13.0 Å². The molecule has 0 atom stereocenters. The van der Waals surface area contributed by atoms with E-state index in [4.69, 9.17) is 4.74 Å². The van der Waals surface area contributed by atoms with Crippen LogP contribution in [0.15, 0.2) is 0 Å². The Morgan fingerprint density at radius 1 is 1.25 bits per heavy atom. The van der Waals surface area contributed by atoms with Gasteiger partial charge in [-0.25, -0.2) is 0 Å². The summed E-state index contributed by atoms with van der Waals surface area (Å²) in [4.78, 5) is 12.2. The molecule has 0 aromatic heterocycles. The van der Waals surface area contributed by atoms with Gasteiger partial charge in [-0.3, -0.25) is 4.79 Å². The molecule has 1 rings (SSSR count). The van der Waals surface area contributed by atoms with Crippen LogP contribution in [-0.4, -0.2) is 18.0 Å². The first-order chi connectivity index (χ1) is 7.75. The van der Waals surface area contributed by atoms with Crippen LogP contribution in [0.2, 0.25) is 0 Å². The summed E-state index contributed by atoms with van der Waals surface area (Å²) in [5.74, 6) is 5.84. The Morgan fingerprint density at radius 2 is 1.88 bits per heavy atom. The molecule has 0 bridgehead atoms. The molecule has 2 nitrogen and oxygen atoms in total. The molecule has 0 radical (unpaired) electrons. The lowest BCUT2D eigenvalue weighted by molar-refractivity contribution is -0.145. The Hall–Kier alpha value is -0.810. The molecule has 16 heavy (non-hydrogen) atoms. The number of hydrogen-bond acceptors (Lipinski definition) is 2. The summed E-state index contributed by atoms with van der Waals surface area (Å²) in [6.45, 7) is 4.35. The number of hydrogen-bond donors (Lipinski definition) is 0. The molecule has 2 heteroatoms. The first kappa shape index (κ1) is 13.3. The zero-order chi connectivity index (χ0) is 11.9. The van der Waals surface area contributed by atoms with E-state index in [2.05, 4.69) is 11.8 Å². The molecular formula is C14H22O2. The molecule has 0 N–H and O–H groups in total. The SMILES string of the molecule is CC#CCC(=O)C1(OCC)CCCCCC1. The Balaban J connectivity index is 2.74. The quantitative estimate of drug-likeness (QED) is 0.539. The fourth-order valence-electron chi connectivity index (χ4n) is 2.41. The summed E-state index contributed by atoms with van der Waals surface area (Å²) >= 11 is 0. The highest BCUT2D eigenvalue weighted by Crippen LogP contribution is 2.32. The third-order valence-electron chi connectivity index (χ3n) is 3.27. The molecule has 0 heterocycles. The van der Waals surface area contributed by atoms with Crippen LogP contribution in [0.5, 0.6) is 0 Å². The second-order valence-corrected chi connectivity index (χ2v) is 4.37. The minimum absolute atomic E-state index is 0.186. The van der Waals surface area contributed by atoms with Gasteiger partial charge in [0.2, 0.25) is 0 Å². The summed E-state index contributed by atoms with van der Waals surface area (Å²) in [5.41, 5.74) is -0.519. The standard InChI is InChI=1S/C14H22O2/c1-3-5-10-13(15)14(16-4-2)11-8-6-7-9-12-14/h4,6-12H2,1-2H3. The van der Waals surface area contributed by atoms with Crippen molar-refractivity contribution < 1.29 is 9.53 Å². The second kappa shape index (κ2) is 6.70. The van der Waals surface area contributed by atoms with Crippen molar-refractivity contribution in [1.82, 2.24) is 0 Å². The van der Waals surface area contributed by atoms with Gasteiger partial charge in [-0.1, -0.05) is 31.6 Å². The highest BCUT2D eigenvalue weighted by molar-refractivity contribution is 5.89. The number of Topliss-reactive ketones (excluding diaryl/α,β-unsaturated/α-hetero) is 1. The van der Waals surface area contributed by atoms with Crippen LogP contribution in [0.25, 0.3) is 0 Å². The molecule has 1 fully saturated rings. The summed E-state index contributed by atoms with van der Waals surface area (Å²) in [6, 6.07) is 0. The van der Waals surface area contributed by atoms with Crippen LogP contribution in [0, 0.1) is 11.8 Å². The molecule has 1 aliphatic carbocycles. The predicted octanol–water partition coefficient (Wildman–Crippen LogP) is 3.10. The largest absolute Gasteiger partial charge is 0.367 e. The van der Waals surface area contributed by atoms with Gasteiger partial charge in [0.05, 0.1) is 6.42 Å². The van der Waals surface area contributed by atoms with Gasteiger partial charge in [-0.15, -0.1) is 5.92 Å². The lowest BCUT2D eigenvalue weighted by Gasteiger charge is -2.30. The lowest BCUT2D eigenvalue weighted by Crippen LogP contribution is -2.41. The van der Waals surface area contributed by atoms with Crippen molar-refractivity contribution in [2.24, 2.45) is 0 Å². The highest BCUT2D eigenvalue weighted by atomic mass is 16.5. The second-order valence-electron chi connectivity index (χ2n) is 4.37. The molecule has 0 saturated heterocycles. The molecule has 0 amide bonds. The van der Waals surface area contributed by atoms with Gasteiger partial charge in [-0.2, -0.15) is 0 Å². The molecule has 0 aromatic carbocycles. The minimum atomic E-state index is -0.519. The molecule has 0 aromatic rings. The van der Waals surface area contributed by atoms with E-state index < -0.39 is 5.60 Å². The number of ether oxygens (including phenoxy) is 1. The van der Waals surface area contributed by atoms with Gasteiger partial charge >= 0.3 is 0 Å². The minimum Gasteiger partial charge on any atom is -0.367 e. The van der Waals surface area contributed by atoms with E-state index in [0.717, 1.165) is 25.7 Å². The summed E-state index contributed by atoms with van der Waals surface area (Å²) in [5, 5.41) is 0. The van der Waals surface area contributed by atoms with E-state index in [-0.39, 0.29) is 5.78 Å². The highest BCUT2D eigenvalue weighted by Gasteiger charge is 2.38.